The van der Waals surface area contributed by atoms with Gasteiger partial charge in [0.25, 0.3) is 0 Å². The Hall–Kier alpha value is -1.39. The van der Waals surface area contributed by atoms with Crippen molar-refractivity contribution >= 4 is 5.91 Å². The van der Waals surface area contributed by atoms with Crippen molar-refractivity contribution in [3.05, 3.63) is 35.9 Å². The Morgan fingerprint density at radius 2 is 2.00 bits per heavy atom. The molecule has 0 saturated carbocycles. The summed E-state index contributed by atoms with van der Waals surface area (Å²) in [6.07, 6.45) is 0. The quantitative estimate of drug-likeness (QED) is 0.849. The second-order valence-electron chi connectivity index (χ2n) is 5.11. The van der Waals surface area contributed by atoms with Gasteiger partial charge in [-0.1, -0.05) is 30.3 Å². The van der Waals surface area contributed by atoms with Gasteiger partial charge in [-0.25, -0.2) is 0 Å². The second-order valence-corrected chi connectivity index (χ2v) is 5.11. The van der Waals surface area contributed by atoms with Crippen LogP contribution in [-0.2, 0) is 11.3 Å². The summed E-state index contributed by atoms with van der Waals surface area (Å²) in [6.45, 7) is 7.13. The van der Waals surface area contributed by atoms with Gasteiger partial charge in [0.1, 0.15) is 0 Å². The summed E-state index contributed by atoms with van der Waals surface area (Å²) >= 11 is 0. The lowest BCUT2D eigenvalue weighted by Gasteiger charge is -2.32. The van der Waals surface area contributed by atoms with Gasteiger partial charge in [0.15, 0.2) is 0 Å². The Kier molecular flexibility index (Phi) is 4.93. The summed E-state index contributed by atoms with van der Waals surface area (Å²) in [5.74, 6) is 0.186. The lowest BCUT2D eigenvalue weighted by molar-refractivity contribution is -0.134. The van der Waals surface area contributed by atoms with Crippen molar-refractivity contribution < 1.29 is 4.79 Å². The fourth-order valence-corrected chi connectivity index (χ4v) is 2.33. The number of carbonyl (C=O) groups excluding carboxylic acids is 1. The molecule has 2 rings (SSSR count). The summed E-state index contributed by atoms with van der Waals surface area (Å²) in [5, 5.41) is 6.66. The van der Waals surface area contributed by atoms with Crippen LogP contribution in [0.1, 0.15) is 19.4 Å². The molecule has 1 aliphatic rings. The van der Waals surface area contributed by atoms with Crippen LogP contribution in [0.5, 0.6) is 0 Å². The molecular weight excluding hydrogens is 238 g/mol. The predicted molar refractivity (Wildman–Crippen MR) is 76.8 cm³/mol. The zero-order chi connectivity index (χ0) is 13.7. The van der Waals surface area contributed by atoms with Crippen molar-refractivity contribution in [1.29, 1.82) is 0 Å². The smallest absolute Gasteiger partial charge is 0.241 e. The fraction of sp³-hybridized carbons (Fsp3) is 0.533. The molecule has 0 bridgehead atoms. The molecule has 2 atom stereocenters. The minimum absolute atomic E-state index is 0.0973. The molecule has 1 aliphatic heterocycles. The molecule has 2 N–H and O–H groups in total. The van der Waals surface area contributed by atoms with Gasteiger partial charge in [0, 0.05) is 32.2 Å². The number of benzene rings is 1. The average molecular weight is 261 g/mol. The SMILES string of the molecule is CCN(Cc1ccccc1)C(=O)C1CNC(C)CN1. The molecule has 4 heteroatoms. The molecular formula is C15H23N3O. The van der Waals surface area contributed by atoms with E-state index >= 15 is 0 Å². The Bertz CT molecular complexity index is 399. The van der Waals surface area contributed by atoms with E-state index in [1.54, 1.807) is 0 Å². The molecule has 1 aromatic rings. The van der Waals surface area contributed by atoms with Crippen LogP contribution >= 0.6 is 0 Å². The van der Waals surface area contributed by atoms with E-state index in [2.05, 4.69) is 29.7 Å². The number of amides is 1. The maximum atomic E-state index is 12.5. The van der Waals surface area contributed by atoms with E-state index in [0.29, 0.717) is 19.1 Å². The number of hydrogen-bond donors (Lipinski definition) is 2. The number of nitrogens with one attached hydrogen (secondary N) is 2. The molecule has 104 valence electrons. The van der Waals surface area contributed by atoms with Crippen LogP contribution in [0.3, 0.4) is 0 Å². The van der Waals surface area contributed by atoms with Gasteiger partial charge < -0.3 is 15.5 Å². The molecule has 0 aromatic heterocycles. The molecule has 19 heavy (non-hydrogen) atoms. The molecule has 1 heterocycles. The normalized spacial score (nSPS) is 23.1. The number of nitrogens with zero attached hydrogens (tertiary/aromatic N) is 1. The van der Waals surface area contributed by atoms with E-state index < -0.39 is 0 Å². The van der Waals surface area contributed by atoms with Crippen molar-refractivity contribution in [2.75, 3.05) is 19.6 Å². The fourth-order valence-electron chi connectivity index (χ4n) is 2.33. The molecule has 1 amide bonds. The molecule has 1 aromatic carbocycles. The molecule has 4 nitrogen and oxygen atoms in total. The first kappa shape index (κ1) is 14.0. The number of carbonyl (C=O) groups is 1. The lowest BCUT2D eigenvalue weighted by Crippen LogP contribution is -2.59. The van der Waals surface area contributed by atoms with E-state index in [9.17, 15) is 4.79 Å². The van der Waals surface area contributed by atoms with Gasteiger partial charge in [0.2, 0.25) is 5.91 Å². The van der Waals surface area contributed by atoms with Gasteiger partial charge in [-0.15, -0.1) is 0 Å². The summed E-state index contributed by atoms with van der Waals surface area (Å²) in [5.41, 5.74) is 1.18. The van der Waals surface area contributed by atoms with Crippen LogP contribution in [0, 0.1) is 0 Å². The Labute approximate surface area is 115 Å². The molecule has 1 saturated heterocycles. The van der Waals surface area contributed by atoms with E-state index in [1.807, 2.05) is 30.0 Å². The first-order valence-electron chi connectivity index (χ1n) is 7.00. The zero-order valence-electron chi connectivity index (χ0n) is 11.7. The first-order valence-corrected chi connectivity index (χ1v) is 7.00. The van der Waals surface area contributed by atoms with E-state index in [1.165, 1.54) is 5.56 Å². The van der Waals surface area contributed by atoms with Gasteiger partial charge in [0.05, 0.1) is 6.04 Å². The van der Waals surface area contributed by atoms with Gasteiger partial charge in [-0.05, 0) is 19.4 Å². The second kappa shape index (κ2) is 6.68. The maximum Gasteiger partial charge on any atom is 0.241 e. The summed E-state index contributed by atoms with van der Waals surface area (Å²) in [6, 6.07) is 10.5. The summed E-state index contributed by atoms with van der Waals surface area (Å²) < 4.78 is 0. The maximum absolute atomic E-state index is 12.5. The lowest BCUT2D eigenvalue weighted by atomic mass is 10.1. The van der Waals surface area contributed by atoms with Crippen LogP contribution in [-0.4, -0.2) is 42.5 Å². The Balaban J connectivity index is 1.95. The summed E-state index contributed by atoms with van der Waals surface area (Å²) in [4.78, 5) is 14.4. The highest BCUT2D eigenvalue weighted by Crippen LogP contribution is 2.07. The average Bonchev–Trinajstić information content (AvgIpc) is 2.46. The van der Waals surface area contributed by atoms with E-state index in [4.69, 9.17) is 0 Å². The third kappa shape index (κ3) is 3.78. The van der Waals surface area contributed by atoms with Crippen molar-refractivity contribution in [2.45, 2.75) is 32.5 Å². The number of piperazine rings is 1. The minimum atomic E-state index is -0.0973. The highest BCUT2D eigenvalue weighted by molar-refractivity contribution is 5.82. The molecule has 0 radical (unpaired) electrons. The standard InChI is InChI=1S/C15H23N3O/c1-3-18(11-13-7-5-4-6-8-13)15(19)14-10-16-12(2)9-17-14/h4-8,12,14,16-17H,3,9-11H2,1-2H3. The van der Waals surface area contributed by atoms with Gasteiger partial charge in [-0.3, -0.25) is 4.79 Å². The van der Waals surface area contributed by atoms with Crippen LogP contribution < -0.4 is 10.6 Å². The van der Waals surface area contributed by atoms with Crippen molar-refractivity contribution in [3.63, 3.8) is 0 Å². The topological polar surface area (TPSA) is 44.4 Å². The largest absolute Gasteiger partial charge is 0.337 e. The Morgan fingerprint density at radius 3 is 2.58 bits per heavy atom. The van der Waals surface area contributed by atoms with Crippen molar-refractivity contribution in [2.24, 2.45) is 0 Å². The summed E-state index contributed by atoms with van der Waals surface area (Å²) in [7, 11) is 0. The van der Waals surface area contributed by atoms with Gasteiger partial charge >= 0.3 is 0 Å². The van der Waals surface area contributed by atoms with Crippen LogP contribution in [0.2, 0.25) is 0 Å². The highest BCUT2D eigenvalue weighted by atomic mass is 16.2. The monoisotopic (exact) mass is 261 g/mol. The van der Waals surface area contributed by atoms with E-state index in [0.717, 1.165) is 13.1 Å². The molecule has 0 spiro atoms. The number of rotatable bonds is 4. The van der Waals surface area contributed by atoms with Crippen LogP contribution in [0.4, 0.5) is 0 Å². The van der Waals surface area contributed by atoms with Crippen molar-refractivity contribution in [3.8, 4) is 0 Å². The molecule has 1 fully saturated rings. The first-order chi connectivity index (χ1) is 9.20. The zero-order valence-corrected chi connectivity index (χ0v) is 11.7. The predicted octanol–water partition coefficient (Wildman–Crippen LogP) is 0.985. The third-order valence-corrected chi connectivity index (χ3v) is 3.55. The van der Waals surface area contributed by atoms with Crippen LogP contribution in [0.15, 0.2) is 30.3 Å². The minimum Gasteiger partial charge on any atom is -0.337 e. The number of likely N-dealkylation sites (N-methyl/N-ethyl adjacent to an activating group) is 1. The third-order valence-electron chi connectivity index (χ3n) is 3.55. The number of hydrogen-bond acceptors (Lipinski definition) is 3. The van der Waals surface area contributed by atoms with Crippen molar-refractivity contribution in [1.82, 2.24) is 15.5 Å². The Morgan fingerprint density at radius 1 is 1.26 bits per heavy atom. The highest BCUT2D eigenvalue weighted by Gasteiger charge is 2.26. The van der Waals surface area contributed by atoms with Crippen LogP contribution in [0.25, 0.3) is 0 Å². The van der Waals surface area contributed by atoms with E-state index in [-0.39, 0.29) is 11.9 Å². The van der Waals surface area contributed by atoms with Gasteiger partial charge in [-0.2, -0.15) is 0 Å². The molecule has 2 unspecified atom stereocenters. The molecule has 0 aliphatic carbocycles.